The van der Waals surface area contributed by atoms with Gasteiger partial charge in [0, 0.05) is 43.2 Å². The van der Waals surface area contributed by atoms with E-state index in [-0.39, 0.29) is 17.9 Å². The van der Waals surface area contributed by atoms with Crippen molar-refractivity contribution < 1.29 is 14.3 Å². The zero-order valence-corrected chi connectivity index (χ0v) is 18.2. The number of hydrogen-bond donors (Lipinski definition) is 2. The Hall–Kier alpha value is -2.86. The molecule has 2 N–H and O–H groups in total. The first-order valence-corrected chi connectivity index (χ1v) is 11.3. The van der Waals surface area contributed by atoms with Crippen LogP contribution in [0.3, 0.4) is 0 Å². The predicted molar refractivity (Wildman–Crippen MR) is 123 cm³/mol. The zero-order valence-electron chi connectivity index (χ0n) is 18.2. The van der Waals surface area contributed by atoms with Crippen LogP contribution in [0.15, 0.2) is 42.5 Å². The molecule has 1 atom stereocenters. The van der Waals surface area contributed by atoms with Crippen LogP contribution in [0, 0.1) is 6.92 Å². The Kier molecular flexibility index (Phi) is 6.87. The number of carbonyl (C=O) groups is 2. The third kappa shape index (κ3) is 5.25. The van der Waals surface area contributed by atoms with E-state index in [4.69, 9.17) is 4.74 Å². The highest BCUT2D eigenvalue weighted by atomic mass is 16.5. The van der Waals surface area contributed by atoms with Gasteiger partial charge in [0.25, 0.3) is 11.8 Å². The van der Waals surface area contributed by atoms with Gasteiger partial charge in [-0.2, -0.15) is 0 Å². The van der Waals surface area contributed by atoms with Gasteiger partial charge in [-0.05, 0) is 68.9 Å². The van der Waals surface area contributed by atoms with E-state index in [1.807, 2.05) is 43.3 Å². The first kappa shape index (κ1) is 21.4. The molecule has 2 aliphatic rings. The summed E-state index contributed by atoms with van der Waals surface area (Å²) in [5, 5.41) is 6.00. The summed E-state index contributed by atoms with van der Waals surface area (Å²) < 4.78 is 5.64. The van der Waals surface area contributed by atoms with E-state index < -0.39 is 0 Å². The largest absolute Gasteiger partial charge is 0.376 e. The number of aryl methyl sites for hydroxylation is 1. The Morgan fingerprint density at radius 1 is 1.00 bits per heavy atom. The summed E-state index contributed by atoms with van der Waals surface area (Å²) in [6, 6.07) is 13.1. The van der Waals surface area contributed by atoms with Gasteiger partial charge >= 0.3 is 0 Å². The van der Waals surface area contributed by atoms with Crippen LogP contribution in [-0.4, -0.2) is 44.2 Å². The zero-order chi connectivity index (χ0) is 21.6. The van der Waals surface area contributed by atoms with Gasteiger partial charge in [0.2, 0.25) is 0 Å². The Labute approximate surface area is 184 Å². The molecule has 2 heterocycles. The summed E-state index contributed by atoms with van der Waals surface area (Å²) in [6.07, 6.45) is 5.59. The second-order valence-corrected chi connectivity index (χ2v) is 8.39. The normalized spacial score (nSPS) is 18.6. The van der Waals surface area contributed by atoms with E-state index in [2.05, 4.69) is 15.5 Å². The molecule has 2 amide bonds. The molecule has 0 bridgehead atoms. The van der Waals surface area contributed by atoms with E-state index in [0.717, 1.165) is 56.6 Å². The van der Waals surface area contributed by atoms with Crippen molar-refractivity contribution in [1.82, 2.24) is 5.32 Å². The van der Waals surface area contributed by atoms with E-state index in [1.54, 1.807) is 6.07 Å². The molecule has 4 rings (SSSR count). The molecule has 0 saturated carbocycles. The lowest BCUT2D eigenvalue weighted by atomic mass is 10.0. The highest BCUT2D eigenvalue weighted by molar-refractivity contribution is 6.07. The van der Waals surface area contributed by atoms with Crippen LogP contribution >= 0.6 is 0 Å². The SMILES string of the molecule is Cc1ccccc1C(=O)Nc1ccc(N2CCCCC2)c(C(=O)NCC2CCCO2)c1. The fourth-order valence-corrected chi connectivity index (χ4v) is 4.34. The van der Waals surface area contributed by atoms with Crippen LogP contribution in [-0.2, 0) is 4.74 Å². The Morgan fingerprint density at radius 2 is 1.81 bits per heavy atom. The lowest BCUT2D eigenvalue weighted by Gasteiger charge is -2.30. The molecule has 164 valence electrons. The maximum atomic E-state index is 13.1. The number of anilines is 2. The maximum absolute atomic E-state index is 13.1. The topological polar surface area (TPSA) is 70.7 Å². The summed E-state index contributed by atoms with van der Waals surface area (Å²) in [4.78, 5) is 28.2. The number of amides is 2. The molecule has 2 aromatic carbocycles. The molecule has 2 aliphatic heterocycles. The molecule has 0 radical (unpaired) electrons. The summed E-state index contributed by atoms with van der Waals surface area (Å²) in [7, 11) is 0. The number of ether oxygens (including phenoxy) is 1. The Balaban J connectivity index is 1.55. The molecular formula is C25H31N3O3. The van der Waals surface area contributed by atoms with Crippen LogP contribution in [0.2, 0.25) is 0 Å². The van der Waals surface area contributed by atoms with Gasteiger partial charge < -0.3 is 20.3 Å². The van der Waals surface area contributed by atoms with Crippen LogP contribution in [0.25, 0.3) is 0 Å². The smallest absolute Gasteiger partial charge is 0.255 e. The first-order chi connectivity index (χ1) is 15.1. The third-order valence-corrected chi connectivity index (χ3v) is 6.10. The summed E-state index contributed by atoms with van der Waals surface area (Å²) in [5.41, 5.74) is 3.70. The molecular weight excluding hydrogens is 390 g/mol. The molecule has 2 saturated heterocycles. The fourth-order valence-electron chi connectivity index (χ4n) is 4.34. The highest BCUT2D eigenvalue weighted by Crippen LogP contribution is 2.28. The van der Waals surface area contributed by atoms with Crippen molar-refractivity contribution in [2.45, 2.75) is 45.1 Å². The van der Waals surface area contributed by atoms with Crippen molar-refractivity contribution in [3.05, 3.63) is 59.2 Å². The molecule has 31 heavy (non-hydrogen) atoms. The van der Waals surface area contributed by atoms with Gasteiger partial charge in [-0.1, -0.05) is 18.2 Å². The fraction of sp³-hybridized carbons (Fsp3) is 0.440. The highest BCUT2D eigenvalue weighted by Gasteiger charge is 2.22. The number of nitrogens with zero attached hydrogens (tertiary/aromatic N) is 1. The minimum Gasteiger partial charge on any atom is -0.376 e. The standard InChI is InChI=1S/C25H31N3O3/c1-18-8-3-4-10-21(18)25(30)27-19-11-12-23(28-13-5-2-6-14-28)22(16-19)24(29)26-17-20-9-7-15-31-20/h3-4,8,10-12,16,20H,2,5-7,9,13-15,17H2,1H3,(H,26,29)(H,27,30). The van der Waals surface area contributed by atoms with E-state index >= 15 is 0 Å². The van der Waals surface area contributed by atoms with E-state index in [1.165, 1.54) is 6.42 Å². The van der Waals surface area contributed by atoms with Crippen LogP contribution in [0.5, 0.6) is 0 Å². The van der Waals surface area contributed by atoms with Gasteiger partial charge in [-0.15, -0.1) is 0 Å². The van der Waals surface area contributed by atoms with Crippen molar-refractivity contribution >= 4 is 23.2 Å². The van der Waals surface area contributed by atoms with Gasteiger partial charge in [-0.3, -0.25) is 9.59 Å². The molecule has 0 aromatic heterocycles. The maximum Gasteiger partial charge on any atom is 0.255 e. The Bertz CT molecular complexity index is 931. The van der Waals surface area contributed by atoms with Gasteiger partial charge in [0.05, 0.1) is 11.7 Å². The Morgan fingerprint density at radius 3 is 2.55 bits per heavy atom. The molecule has 0 spiro atoms. The minimum atomic E-state index is -0.172. The van der Waals surface area contributed by atoms with E-state index in [0.29, 0.717) is 23.4 Å². The quantitative estimate of drug-likeness (QED) is 0.735. The summed E-state index contributed by atoms with van der Waals surface area (Å²) in [5.74, 6) is -0.294. The number of benzene rings is 2. The first-order valence-electron chi connectivity index (χ1n) is 11.3. The molecule has 2 aromatic rings. The van der Waals surface area contributed by atoms with Crippen molar-refractivity contribution in [1.29, 1.82) is 0 Å². The summed E-state index contributed by atoms with van der Waals surface area (Å²) >= 11 is 0. The van der Waals surface area contributed by atoms with Crippen molar-refractivity contribution in [3.63, 3.8) is 0 Å². The monoisotopic (exact) mass is 421 g/mol. The lowest BCUT2D eigenvalue weighted by Crippen LogP contribution is -2.35. The molecule has 1 unspecified atom stereocenters. The van der Waals surface area contributed by atoms with Crippen LogP contribution in [0.4, 0.5) is 11.4 Å². The number of nitrogens with one attached hydrogen (secondary N) is 2. The second-order valence-electron chi connectivity index (χ2n) is 8.39. The molecule has 6 nitrogen and oxygen atoms in total. The second kappa shape index (κ2) is 9.96. The molecule has 0 aliphatic carbocycles. The lowest BCUT2D eigenvalue weighted by molar-refractivity contribution is 0.0858. The van der Waals surface area contributed by atoms with E-state index in [9.17, 15) is 9.59 Å². The van der Waals surface area contributed by atoms with Crippen molar-refractivity contribution in [2.24, 2.45) is 0 Å². The van der Waals surface area contributed by atoms with Gasteiger partial charge in [0.15, 0.2) is 0 Å². The van der Waals surface area contributed by atoms with Crippen LogP contribution < -0.4 is 15.5 Å². The molecule has 2 fully saturated rings. The van der Waals surface area contributed by atoms with Gasteiger partial charge in [-0.25, -0.2) is 0 Å². The third-order valence-electron chi connectivity index (χ3n) is 6.10. The number of piperidine rings is 1. The predicted octanol–water partition coefficient (Wildman–Crippen LogP) is 4.15. The van der Waals surface area contributed by atoms with Gasteiger partial charge in [0.1, 0.15) is 0 Å². The van der Waals surface area contributed by atoms with Crippen molar-refractivity contribution in [2.75, 3.05) is 36.5 Å². The summed E-state index contributed by atoms with van der Waals surface area (Å²) in [6.45, 7) is 5.08. The number of rotatable bonds is 6. The van der Waals surface area contributed by atoms with Crippen LogP contribution in [0.1, 0.15) is 58.4 Å². The number of carbonyl (C=O) groups excluding carboxylic acids is 2. The minimum absolute atomic E-state index is 0.0892. The van der Waals surface area contributed by atoms with Crippen molar-refractivity contribution in [3.8, 4) is 0 Å². The average Bonchev–Trinajstić information content (AvgIpc) is 3.32. The molecule has 6 heteroatoms. The number of hydrogen-bond acceptors (Lipinski definition) is 4. The average molecular weight is 422 g/mol.